The van der Waals surface area contributed by atoms with Gasteiger partial charge in [0.25, 0.3) is 0 Å². The maximum Gasteiger partial charge on any atom is 0.302 e. The van der Waals surface area contributed by atoms with Crippen LogP contribution in [0.4, 0.5) is 0 Å². The molecule has 0 spiro atoms. The van der Waals surface area contributed by atoms with Crippen molar-refractivity contribution >= 4 is 16.0 Å². The molecule has 1 rings (SSSR count). The number of sulfonamides is 1. The first-order valence-electron chi connectivity index (χ1n) is 5.47. The molecule has 0 aromatic rings. The van der Waals surface area contributed by atoms with Crippen LogP contribution in [0.25, 0.3) is 0 Å². The van der Waals surface area contributed by atoms with Crippen molar-refractivity contribution in [2.75, 3.05) is 12.4 Å². The highest BCUT2D eigenvalue weighted by Crippen LogP contribution is 2.37. The summed E-state index contributed by atoms with van der Waals surface area (Å²) in [4.78, 5) is 10.8. The van der Waals surface area contributed by atoms with Crippen LogP contribution in [-0.2, 0) is 19.6 Å². The van der Waals surface area contributed by atoms with E-state index in [0.29, 0.717) is 0 Å². The Balaban J connectivity index is 2.71. The zero-order valence-electron chi connectivity index (χ0n) is 9.57. The van der Waals surface area contributed by atoms with Crippen molar-refractivity contribution in [1.82, 2.24) is 0 Å². The van der Waals surface area contributed by atoms with E-state index < -0.39 is 15.4 Å². The van der Waals surface area contributed by atoms with Gasteiger partial charge in [0.1, 0.15) is 0 Å². The van der Waals surface area contributed by atoms with Crippen molar-refractivity contribution in [3.8, 4) is 0 Å². The molecule has 1 saturated carbocycles. The van der Waals surface area contributed by atoms with E-state index in [1.54, 1.807) is 0 Å². The second kappa shape index (κ2) is 5.14. The number of hydrogen-bond acceptors (Lipinski definition) is 4. The number of ether oxygens (including phenoxy) is 1. The molecular weight excluding hydrogens is 230 g/mol. The lowest BCUT2D eigenvalue weighted by molar-refractivity contribution is -0.144. The zero-order chi connectivity index (χ0) is 12.2. The molecule has 0 aliphatic heterocycles. The topological polar surface area (TPSA) is 86.5 Å². The third-order valence-corrected chi connectivity index (χ3v) is 4.02. The number of esters is 1. The zero-order valence-corrected chi connectivity index (χ0v) is 10.4. The number of hydrogen-bond donors (Lipinski definition) is 1. The van der Waals surface area contributed by atoms with Gasteiger partial charge in [-0.25, -0.2) is 13.6 Å². The Kier molecular flexibility index (Phi) is 4.32. The Morgan fingerprint density at radius 1 is 1.31 bits per heavy atom. The van der Waals surface area contributed by atoms with Crippen LogP contribution in [0, 0.1) is 5.41 Å². The largest absolute Gasteiger partial charge is 0.465 e. The fraction of sp³-hybridized carbons (Fsp3) is 0.900. The van der Waals surface area contributed by atoms with Crippen LogP contribution in [0.5, 0.6) is 0 Å². The van der Waals surface area contributed by atoms with Crippen molar-refractivity contribution in [2.24, 2.45) is 10.6 Å². The normalized spacial score (nSPS) is 20.4. The highest BCUT2D eigenvalue weighted by molar-refractivity contribution is 7.89. The molecule has 0 bridgehead atoms. The van der Waals surface area contributed by atoms with Gasteiger partial charge in [-0.3, -0.25) is 4.79 Å². The molecule has 0 saturated heterocycles. The molecule has 0 amide bonds. The Bertz CT molecular complexity index is 344. The highest BCUT2D eigenvalue weighted by atomic mass is 32.2. The number of carbonyl (C=O) groups is 1. The number of rotatable bonds is 4. The SMILES string of the molecule is CC(=O)OCC1(CS(N)(=O)=O)CCCCC1. The van der Waals surface area contributed by atoms with Gasteiger partial charge in [-0.1, -0.05) is 19.3 Å². The minimum atomic E-state index is -3.52. The lowest BCUT2D eigenvalue weighted by Gasteiger charge is -2.35. The summed E-state index contributed by atoms with van der Waals surface area (Å²) in [5.74, 6) is -0.466. The predicted octanol–water partition coefficient (Wildman–Crippen LogP) is 0.788. The van der Waals surface area contributed by atoms with Crippen LogP contribution >= 0.6 is 0 Å². The molecule has 0 radical (unpaired) electrons. The second-order valence-corrected chi connectivity index (χ2v) is 6.26. The number of nitrogens with two attached hydrogens (primary N) is 1. The van der Waals surface area contributed by atoms with Crippen molar-refractivity contribution < 1.29 is 17.9 Å². The molecule has 16 heavy (non-hydrogen) atoms. The highest BCUT2D eigenvalue weighted by Gasteiger charge is 2.36. The summed E-state index contributed by atoms with van der Waals surface area (Å²) in [7, 11) is -3.52. The first-order valence-corrected chi connectivity index (χ1v) is 7.18. The van der Waals surface area contributed by atoms with Crippen LogP contribution in [-0.4, -0.2) is 26.7 Å². The van der Waals surface area contributed by atoms with Crippen LogP contribution in [0.1, 0.15) is 39.0 Å². The first-order chi connectivity index (χ1) is 7.33. The van der Waals surface area contributed by atoms with Crippen molar-refractivity contribution in [3.63, 3.8) is 0 Å². The molecule has 0 aromatic carbocycles. The van der Waals surface area contributed by atoms with Gasteiger partial charge in [0.2, 0.25) is 10.0 Å². The smallest absolute Gasteiger partial charge is 0.302 e. The molecule has 1 fully saturated rings. The molecule has 2 N–H and O–H groups in total. The molecule has 94 valence electrons. The van der Waals surface area contributed by atoms with E-state index in [1.807, 2.05) is 0 Å². The molecule has 0 heterocycles. The van der Waals surface area contributed by atoms with Gasteiger partial charge in [-0.2, -0.15) is 0 Å². The van der Waals surface area contributed by atoms with E-state index in [1.165, 1.54) is 6.92 Å². The van der Waals surface area contributed by atoms with E-state index in [9.17, 15) is 13.2 Å². The maximum atomic E-state index is 11.2. The van der Waals surface area contributed by atoms with Gasteiger partial charge in [0, 0.05) is 12.3 Å². The van der Waals surface area contributed by atoms with Crippen LogP contribution in [0.2, 0.25) is 0 Å². The molecule has 0 aromatic heterocycles. The molecule has 1 aliphatic rings. The summed E-state index contributed by atoms with van der Waals surface area (Å²) in [5, 5.41) is 5.09. The van der Waals surface area contributed by atoms with Gasteiger partial charge < -0.3 is 4.74 Å². The Labute approximate surface area is 96.4 Å². The van der Waals surface area contributed by atoms with E-state index in [-0.39, 0.29) is 18.3 Å². The minimum Gasteiger partial charge on any atom is -0.465 e. The number of primary sulfonamides is 1. The van der Waals surface area contributed by atoms with E-state index >= 15 is 0 Å². The monoisotopic (exact) mass is 249 g/mol. The number of carbonyl (C=O) groups excluding carboxylic acids is 1. The average Bonchev–Trinajstić information content (AvgIpc) is 2.14. The Morgan fingerprint density at radius 3 is 2.31 bits per heavy atom. The van der Waals surface area contributed by atoms with Gasteiger partial charge in [-0.15, -0.1) is 0 Å². The second-order valence-electron chi connectivity index (χ2n) is 4.65. The minimum absolute atomic E-state index is 0.0900. The van der Waals surface area contributed by atoms with Crippen molar-refractivity contribution in [2.45, 2.75) is 39.0 Å². The van der Waals surface area contributed by atoms with E-state index in [4.69, 9.17) is 9.88 Å². The van der Waals surface area contributed by atoms with Crippen LogP contribution in [0.3, 0.4) is 0 Å². The summed E-state index contributed by atoms with van der Waals surface area (Å²) in [6.07, 6.45) is 4.56. The maximum absolute atomic E-state index is 11.2. The van der Waals surface area contributed by atoms with Crippen LogP contribution in [0.15, 0.2) is 0 Å². The summed E-state index contributed by atoms with van der Waals surface area (Å²) < 4.78 is 27.3. The predicted molar refractivity (Wildman–Crippen MR) is 60.1 cm³/mol. The van der Waals surface area contributed by atoms with E-state index in [0.717, 1.165) is 32.1 Å². The molecule has 0 atom stereocenters. The Hall–Kier alpha value is -0.620. The van der Waals surface area contributed by atoms with Crippen molar-refractivity contribution in [1.29, 1.82) is 0 Å². The lowest BCUT2D eigenvalue weighted by atomic mass is 9.76. The summed E-state index contributed by atoms with van der Waals surface area (Å²) in [5.41, 5.74) is -0.461. The molecule has 1 aliphatic carbocycles. The fourth-order valence-corrected chi connectivity index (χ4v) is 3.54. The summed E-state index contributed by atoms with van der Waals surface area (Å²) in [6.45, 7) is 1.49. The average molecular weight is 249 g/mol. The lowest BCUT2D eigenvalue weighted by Crippen LogP contribution is -2.39. The molecule has 0 unspecified atom stereocenters. The third-order valence-electron chi connectivity index (χ3n) is 3.00. The quantitative estimate of drug-likeness (QED) is 0.746. The molecular formula is C10H19NO4S. The standard InChI is InChI=1S/C10H19NO4S/c1-9(12)15-7-10(8-16(11,13)14)5-3-2-4-6-10/h2-8H2,1H3,(H2,11,13,14). The third kappa shape index (κ3) is 4.49. The first kappa shape index (κ1) is 13.4. The van der Waals surface area contributed by atoms with Gasteiger partial charge in [0.05, 0.1) is 12.4 Å². The van der Waals surface area contributed by atoms with Gasteiger partial charge in [0.15, 0.2) is 0 Å². The van der Waals surface area contributed by atoms with Crippen LogP contribution < -0.4 is 5.14 Å². The fourth-order valence-electron chi connectivity index (χ4n) is 2.31. The summed E-state index contributed by atoms with van der Waals surface area (Å²) in [6, 6.07) is 0. The Morgan fingerprint density at radius 2 is 1.88 bits per heavy atom. The van der Waals surface area contributed by atoms with E-state index in [2.05, 4.69) is 0 Å². The summed E-state index contributed by atoms with van der Waals surface area (Å²) >= 11 is 0. The molecule has 5 nitrogen and oxygen atoms in total. The van der Waals surface area contributed by atoms with Gasteiger partial charge >= 0.3 is 5.97 Å². The van der Waals surface area contributed by atoms with Gasteiger partial charge in [-0.05, 0) is 12.8 Å². The van der Waals surface area contributed by atoms with Crippen molar-refractivity contribution in [3.05, 3.63) is 0 Å². The molecule has 6 heteroatoms.